The zero-order valence-electron chi connectivity index (χ0n) is 18.0. The van der Waals surface area contributed by atoms with E-state index in [1.165, 1.54) is 0 Å². The van der Waals surface area contributed by atoms with Gasteiger partial charge in [0.2, 0.25) is 5.88 Å². The lowest BCUT2D eigenvalue weighted by atomic mass is 10.2. The fraction of sp³-hybridized carbons (Fsp3) is 0.304. The molecule has 31 heavy (non-hydrogen) atoms. The molecule has 0 saturated carbocycles. The van der Waals surface area contributed by atoms with Crippen LogP contribution in [-0.2, 0) is 18.1 Å². The molecular weight excluding hydrogens is 410 g/mol. The summed E-state index contributed by atoms with van der Waals surface area (Å²) in [6, 6.07) is 14.2. The Morgan fingerprint density at radius 1 is 1.10 bits per heavy atom. The quantitative estimate of drug-likeness (QED) is 0.283. The second kappa shape index (κ2) is 9.05. The molecule has 1 aromatic carbocycles. The molecule has 0 unspecified atom stereocenters. The molecule has 0 bridgehead atoms. The van der Waals surface area contributed by atoms with E-state index in [2.05, 4.69) is 29.7 Å². The Bertz CT molecular complexity index is 1150. The number of aliphatic hydroxyl groups excluding tert-OH is 1. The van der Waals surface area contributed by atoms with Crippen molar-refractivity contribution in [1.29, 1.82) is 0 Å². The van der Waals surface area contributed by atoms with Gasteiger partial charge < -0.3 is 19.0 Å². The molecule has 0 fully saturated rings. The van der Waals surface area contributed by atoms with Gasteiger partial charge in [0, 0.05) is 50.2 Å². The molecule has 8 heteroatoms. The minimum absolute atomic E-state index is 0.131. The third-order valence-electron chi connectivity index (χ3n) is 4.88. The van der Waals surface area contributed by atoms with Crippen molar-refractivity contribution in [3.05, 3.63) is 60.6 Å². The maximum absolute atomic E-state index is 9.21. The first kappa shape index (κ1) is 21.3. The van der Waals surface area contributed by atoms with E-state index in [-0.39, 0.29) is 6.61 Å². The maximum Gasteiger partial charge on any atom is 0.219 e. The first-order valence-corrected chi connectivity index (χ1v) is 14.0. The van der Waals surface area contributed by atoms with Crippen LogP contribution in [0.3, 0.4) is 0 Å². The van der Waals surface area contributed by atoms with Crippen molar-refractivity contribution >= 4 is 19.0 Å². The van der Waals surface area contributed by atoms with Crippen molar-refractivity contribution in [3.8, 4) is 22.9 Å². The molecule has 0 aliphatic carbocycles. The van der Waals surface area contributed by atoms with E-state index in [9.17, 15) is 5.11 Å². The van der Waals surface area contributed by atoms with Crippen molar-refractivity contribution in [1.82, 2.24) is 14.8 Å². The molecule has 4 rings (SSSR count). The van der Waals surface area contributed by atoms with Gasteiger partial charge in [0.25, 0.3) is 0 Å². The minimum atomic E-state index is -1.11. The molecule has 4 aromatic rings. The van der Waals surface area contributed by atoms with Crippen LogP contribution in [0.2, 0.25) is 25.7 Å². The molecule has 0 spiro atoms. The number of furan rings is 1. The Morgan fingerprint density at radius 2 is 1.97 bits per heavy atom. The summed E-state index contributed by atoms with van der Waals surface area (Å²) in [4.78, 5) is 4.43. The number of benzene rings is 1. The summed E-state index contributed by atoms with van der Waals surface area (Å²) < 4.78 is 19.1. The molecule has 3 heterocycles. The van der Waals surface area contributed by atoms with Crippen molar-refractivity contribution in [2.75, 3.05) is 6.61 Å². The van der Waals surface area contributed by atoms with Crippen molar-refractivity contribution < 1.29 is 19.0 Å². The van der Waals surface area contributed by atoms with Gasteiger partial charge in [-0.15, -0.1) is 0 Å². The van der Waals surface area contributed by atoms with Gasteiger partial charge >= 0.3 is 0 Å². The van der Waals surface area contributed by atoms with Gasteiger partial charge in [0.15, 0.2) is 0 Å². The number of aliphatic hydroxyl groups is 1. The molecule has 0 saturated heterocycles. The summed E-state index contributed by atoms with van der Waals surface area (Å²) >= 11 is 0. The van der Waals surface area contributed by atoms with E-state index in [4.69, 9.17) is 13.9 Å². The lowest BCUT2D eigenvalue weighted by Crippen LogP contribution is -2.22. The molecule has 0 atom stereocenters. The largest absolute Gasteiger partial charge is 0.458 e. The molecule has 1 N–H and O–H groups in total. The van der Waals surface area contributed by atoms with Crippen LogP contribution in [-0.4, -0.2) is 34.6 Å². The maximum atomic E-state index is 9.21. The molecule has 0 radical (unpaired) electrons. The molecule has 0 aliphatic rings. The third-order valence-corrected chi connectivity index (χ3v) is 6.58. The predicted molar refractivity (Wildman–Crippen MR) is 122 cm³/mol. The molecular formula is C23H27N3O4Si. The lowest BCUT2D eigenvalue weighted by molar-refractivity contribution is 0.0798. The van der Waals surface area contributed by atoms with Crippen LogP contribution in [0.4, 0.5) is 0 Å². The first-order chi connectivity index (χ1) is 14.9. The van der Waals surface area contributed by atoms with Crippen LogP contribution < -0.4 is 4.74 Å². The fourth-order valence-electron chi connectivity index (χ4n) is 3.13. The Hall–Kier alpha value is -2.94. The van der Waals surface area contributed by atoms with Gasteiger partial charge in [0.05, 0.1) is 5.69 Å². The molecule has 0 amide bonds. The number of ether oxygens (including phenoxy) is 2. The molecule has 7 nitrogen and oxygen atoms in total. The van der Waals surface area contributed by atoms with Crippen molar-refractivity contribution in [2.24, 2.45) is 0 Å². The summed E-state index contributed by atoms with van der Waals surface area (Å²) in [6.07, 6.45) is 3.53. The monoisotopic (exact) mass is 437 g/mol. The number of hydrogen-bond donors (Lipinski definition) is 1. The average Bonchev–Trinajstić information content (AvgIpc) is 3.37. The van der Waals surface area contributed by atoms with E-state index >= 15 is 0 Å². The van der Waals surface area contributed by atoms with Gasteiger partial charge in [-0.1, -0.05) is 19.6 Å². The summed E-state index contributed by atoms with van der Waals surface area (Å²) in [5, 5.41) is 14.5. The topological polar surface area (TPSA) is 82.5 Å². The number of nitrogens with zero attached hydrogens (tertiary/aromatic N) is 3. The number of fused-ring (bicyclic) bond motifs is 1. The highest BCUT2D eigenvalue weighted by molar-refractivity contribution is 6.76. The predicted octanol–water partition coefficient (Wildman–Crippen LogP) is 5.29. The second-order valence-electron chi connectivity index (χ2n) is 8.62. The van der Waals surface area contributed by atoms with Gasteiger partial charge in [-0.2, -0.15) is 5.10 Å². The zero-order chi connectivity index (χ0) is 21.8. The normalized spacial score (nSPS) is 11.9. The van der Waals surface area contributed by atoms with Gasteiger partial charge in [-0.25, -0.2) is 9.67 Å². The fourth-order valence-corrected chi connectivity index (χ4v) is 3.89. The van der Waals surface area contributed by atoms with Gasteiger partial charge in [-0.05, 0) is 36.4 Å². The highest BCUT2D eigenvalue weighted by Crippen LogP contribution is 2.28. The molecule has 3 aromatic heterocycles. The third kappa shape index (κ3) is 5.41. The Balaban J connectivity index is 1.41. The molecule has 0 aliphatic heterocycles. The standard InChI is InChI=1S/C23H27N3O4Si/c1-31(2,3)11-10-28-16-26-21(8-9-25-26)18-5-7-23(24-14-18)30-19-6-4-17-12-20(15-27)29-22(17)13-19/h4-9,12-14,27H,10-11,15-16H2,1-3H3. The Labute approximate surface area is 182 Å². The van der Waals surface area contributed by atoms with Crippen LogP contribution >= 0.6 is 0 Å². The Morgan fingerprint density at radius 3 is 2.71 bits per heavy atom. The lowest BCUT2D eigenvalue weighted by Gasteiger charge is -2.16. The summed E-state index contributed by atoms with van der Waals surface area (Å²) in [7, 11) is -1.11. The number of pyridine rings is 1. The van der Waals surface area contributed by atoms with E-state index < -0.39 is 8.07 Å². The summed E-state index contributed by atoms with van der Waals surface area (Å²) in [5.41, 5.74) is 2.55. The van der Waals surface area contributed by atoms with Crippen LogP contribution in [0.1, 0.15) is 5.76 Å². The van der Waals surface area contributed by atoms with Crippen molar-refractivity contribution in [2.45, 2.75) is 39.0 Å². The average molecular weight is 438 g/mol. The number of hydrogen-bond acceptors (Lipinski definition) is 6. The number of aromatic nitrogens is 3. The number of rotatable bonds is 9. The van der Waals surface area contributed by atoms with Gasteiger partial charge in [0.1, 0.15) is 30.4 Å². The van der Waals surface area contributed by atoms with Crippen LogP contribution in [0.15, 0.2) is 59.3 Å². The highest BCUT2D eigenvalue weighted by atomic mass is 28.3. The Kier molecular flexibility index (Phi) is 6.22. The van der Waals surface area contributed by atoms with E-state index in [0.29, 0.717) is 29.7 Å². The smallest absolute Gasteiger partial charge is 0.219 e. The van der Waals surface area contributed by atoms with Gasteiger partial charge in [-0.3, -0.25) is 0 Å². The summed E-state index contributed by atoms with van der Waals surface area (Å²) in [6.45, 7) is 8.05. The van der Waals surface area contributed by atoms with E-state index in [0.717, 1.165) is 29.3 Å². The van der Waals surface area contributed by atoms with Crippen LogP contribution in [0.5, 0.6) is 11.6 Å². The minimum Gasteiger partial charge on any atom is -0.458 e. The first-order valence-electron chi connectivity index (χ1n) is 10.3. The van der Waals surface area contributed by atoms with E-state index in [1.54, 1.807) is 18.5 Å². The second-order valence-corrected chi connectivity index (χ2v) is 14.2. The van der Waals surface area contributed by atoms with E-state index in [1.807, 2.05) is 41.1 Å². The highest BCUT2D eigenvalue weighted by Gasteiger charge is 2.13. The SMILES string of the molecule is C[Si](C)(C)CCOCn1nccc1-c1ccc(Oc2ccc3cc(CO)oc3c2)nc1. The zero-order valence-corrected chi connectivity index (χ0v) is 19.0. The summed E-state index contributed by atoms with van der Waals surface area (Å²) in [5.74, 6) is 1.62. The van der Waals surface area contributed by atoms with Crippen molar-refractivity contribution in [3.63, 3.8) is 0 Å². The van der Waals surface area contributed by atoms with Crippen LogP contribution in [0.25, 0.3) is 22.2 Å². The molecule has 162 valence electrons. The van der Waals surface area contributed by atoms with Crippen LogP contribution in [0, 0.1) is 0 Å².